The van der Waals surface area contributed by atoms with Gasteiger partial charge in [-0.2, -0.15) is 8.61 Å². The van der Waals surface area contributed by atoms with Gasteiger partial charge in [-0.25, -0.2) is 16.8 Å². The van der Waals surface area contributed by atoms with E-state index in [1.807, 2.05) is 0 Å². The summed E-state index contributed by atoms with van der Waals surface area (Å²) in [4.78, 5) is 25.2. The van der Waals surface area contributed by atoms with Crippen molar-refractivity contribution in [3.63, 3.8) is 0 Å². The average Bonchev–Trinajstić information content (AvgIpc) is 3.38. The largest absolute Gasteiger partial charge is 0.481 e. The van der Waals surface area contributed by atoms with Crippen molar-refractivity contribution in [1.29, 1.82) is 0 Å². The molecule has 2 aliphatic rings. The van der Waals surface area contributed by atoms with Crippen LogP contribution < -0.4 is 5.32 Å². The molecule has 2 unspecified atom stereocenters. The van der Waals surface area contributed by atoms with Gasteiger partial charge in [0.15, 0.2) is 6.17 Å². The Kier molecular flexibility index (Phi) is 9.79. The van der Waals surface area contributed by atoms with Gasteiger partial charge in [-0.05, 0) is 42.5 Å². The molecule has 1 saturated carbocycles. The van der Waals surface area contributed by atoms with Gasteiger partial charge < -0.3 is 10.4 Å². The molecule has 1 saturated heterocycles. The number of carboxylic acids is 1. The Balaban J connectivity index is 1.71. The summed E-state index contributed by atoms with van der Waals surface area (Å²) in [5, 5.41) is 12.4. The second-order valence-electron chi connectivity index (χ2n) is 10.0. The third-order valence-corrected chi connectivity index (χ3v) is 11.7. The maximum atomic E-state index is 13.8. The van der Waals surface area contributed by atoms with Gasteiger partial charge in [-0.15, -0.1) is 0 Å². The van der Waals surface area contributed by atoms with Crippen molar-refractivity contribution in [2.75, 3.05) is 13.1 Å². The third kappa shape index (κ3) is 6.97. The van der Waals surface area contributed by atoms with Crippen molar-refractivity contribution < 1.29 is 31.5 Å². The zero-order chi connectivity index (χ0) is 29.1. The Bertz CT molecular complexity index is 1450. The fourth-order valence-electron chi connectivity index (χ4n) is 5.35. The number of carboxylic acid groups (broad SMARTS) is 1. The molecule has 40 heavy (non-hydrogen) atoms. The molecular formula is C26H31Cl2N3O7S2. The summed E-state index contributed by atoms with van der Waals surface area (Å²) in [5.41, 5.74) is 0.471. The van der Waals surface area contributed by atoms with Crippen molar-refractivity contribution in [1.82, 2.24) is 13.9 Å². The SMILES string of the molecule is O=C(O)CC(NC(=O)C1N(S(=O)(=O)Cc2ccccc2)CCN1S(=O)(=O)c1ccc(Cl)c(Cl)c1)C1CCCCC1. The van der Waals surface area contributed by atoms with Crippen LogP contribution in [-0.4, -0.2) is 67.7 Å². The van der Waals surface area contributed by atoms with Crippen molar-refractivity contribution in [2.45, 2.75) is 61.4 Å². The second-order valence-corrected chi connectivity index (χ2v) is 14.7. The van der Waals surface area contributed by atoms with Gasteiger partial charge in [-0.1, -0.05) is 72.8 Å². The van der Waals surface area contributed by atoms with Gasteiger partial charge in [0.1, 0.15) is 0 Å². The van der Waals surface area contributed by atoms with Crippen LogP contribution in [0.15, 0.2) is 53.4 Å². The smallest absolute Gasteiger partial charge is 0.305 e. The first-order valence-electron chi connectivity index (χ1n) is 12.9. The van der Waals surface area contributed by atoms with Crippen molar-refractivity contribution in [3.05, 3.63) is 64.1 Å². The number of carbonyl (C=O) groups excluding carboxylic acids is 1. The first kappa shape index (κ1) is 30.7. The number of amides is 1. The number of nitrogens with one attached hydrogen (secondary N) is 1. The molecule has 1 amide bonds. The van der Waals surface area contributed by atoms with E-state index in [-0.39, 0.29) is 40.4 Å². The Labute approximate surface area is 244 Å². The van der Waals surface area contributed by atoms with Gasteiger partial charge in [0.05, 0.1) is 27.1 Å². The van der Waals surface area contributed by atoms with Crippen molar-refractivity contribution in [3.8, 4) is 0 Å². The predicted molar refractivity (Wildman–Crippen MR) is 151 cm³/mol. The number of rotatable bonds is 10. The summed E-state index contributed by atoms with van der Waals surface area (Å²) in [6, 6.07) is 11.2. The minimum absolute atomic E-state index is 0.0182. The quantitative estimate of drug-likeness (QED) is 0.407. The second kappa shape index (κ2) is 12.7. The molecule has 2 aromatic rings. The highest BCUT2D eigenvalue weighted by molar-refractivity contribution is 7.89. The summed E-state index contributed by atoms with van der Waals surface area (Å²) < 4.78 is 56.3. The maximum Gasteiger partial charge on any atom is 0.305 e. The van der Waals surface area contributed by atoms with Gasteiger partial charge in [0, 0.05) is 19.1 Å². The molecule has 0 radical (unpaired) electrons. The van der Waals surface area contributed by atoms with Crippen molar-refractivity contribution >= 4 is 55.1 Å². The van der Waals surface area contributed by atoms with Crippen LogP contribution in [0.25, 0.3) is 0 Å². The maximum absolute atomic E-state index is 13.8. The van der Waals surface area contributed by atoms with Crippen LogP contribution in [0.3, 0.4) is 0 Å². The summed E-state index contributed by atoms with van der Waals surface area (Å²) in [6.45, 7) is -0.553. The molecule has 0 spiro atoms. The van der Waals surface area contributed by atoms with E-state index in [0.29, 0.717) is 18.4 Å². The lowest BCUT2D eigenvalue weighted by molar-refractivity contribution is -0.138. The number of hydrogen-bond donors (Lipinski definition) is 2. The van der Waals surface area contributed by atoms with E-state index in [1.54, 1.807) is 30.3 Å². The standard InChI is InChI=1S/C26H31Cl2N3O7S2/c27-21-12-11-20(15-22(21)28)40(37,38)31-14-13-30(39(35,36)17-18-7-3-1-4-8-18)26(31)25(34)29-23(16-24(32)33)19-9-5-2-6-10-19/h1,3-4,7-8,11-12,15,19,23,26H,2,5-6,9-10,13-14,16-17H2,(H,29,34)(H,32,33). The number of nitrogens with zero attached hydrogens (tertiary/aromatic N) is 2. The topological polar surface area (TPSA) is 141 Å². The summed E-state index contributed by atoms with van der Waals surface area (Å²) in [5.74, 6) is -2.57. The number of halogens is 2. The normalized spacial score (nSPS) is 20.3. The Morgan fingerprint density at radius 3 is 2.20 bits per heavy atom. The van der Waals surface area contributed by atoms with E-state index in [2.05, 4.69) is 5.32 Å². The Morgan fingerprint density at radius 1 is 0.925 bits per heavy atom. The predicted octanol–water partition coefficient (Wildman–Crippen LogP) is 3.70. The van der Waals surface area contributed by atoms with Crippen LogP contribution in [0.2, 0.25) is 10.0 Å². The Hall–Kier alpha value is -2.22. The fraction of sp³-hybridized carbons (Fsp3) is 0.462. The summed E-state index contributed by atoms with van der Waals surface area (Å²) in [7, 11) is -8.59. The van der Waals surface area contributed by atoms with Crippen LogP contribution in [0.5, 0.6) is 0 Å². The zero-order valence-corrected chi connectivity index (χ0v) is 24.7. The number of hydrogen-bond acceptors (Lipinski definition) is 6. The lowest BCUT2D eigenvalue weighted by atomic mass is 9.82. The molecule has 1 aliphatic carbocycles. The molecular weight excluding hydrogens is 601 g/mol. The number of benzene rings is 2. The molecule has 0 aromatic heterocycles. The van der Waals surface area contributed by atoms with E-state index < -0.39 is 49.9 Å². The third-order valence-electron chi connectivity index (χ3n) is 7.31. The molecule has 218 valence electrons. The van der Waals surface area contributed by atoms with Gasteiger partial charge >= 0.3 is 5.97 Å². The van der Waals surface area contributed by atoms with Crippen LogP contribution >= 0.6 is 23.2 Å². The van der Waals surface area contributed by atoms with Crippen LogP contribution in [-0.2, 0) is 35.4 Å². The monoisotopic (exact) mass is 631 g/mol. The molecule has 14 heteroatoms. The van der Waals surface area contributed by atoms with Gasteiger partial charge in [0.25, 0.3) is 5.91 Å². The molecule has 0 bridgehead atoms. The number of aliphatic carboxylic acids is 1. The molecule has 1 heterocycles. The van der Waals surface area contributed by atoms with Gasteiger partial charge in [0.2, 0.25) is 20.0 Å². The molecule has 2 N–H and O–H groups in total. The molecule has 2 fully saturated rings. The molecule has 10 nitrogen and oxygen atoms in total. The zero-order valence-electron chi connectivity index (χ0n) is 21.6. The van der Waals surface area contributed by atoms with E-state index in [0.717, 1.165) is 33.9 Å². The highest BCUT2D eigenvalue weighted by atomic mass is 35.5. The molecule has 2 aromatic carbocycles. The fourth-order valence-corrected chi connectivity index (χ4v) is 9.00. The Morgan fingerprint density at radius 2 is 1.57 bits per heavy atom. The average molecular weight is 633 g/mol. The van der Waals surface area contributed by atoms with E-state index in [4.69, 9.17) is 23.2 Å². The molecule has 2 atom stereocenters. The highest BCUT2D eigenvalue weighted by Crippen LogP contribution is 2.32. The van der Waals surface area contributed by atoms with E-state index in [1.165, 1.54) is 12.1 Å². The molecule has 1 aliphatic heterocycles. The van der Waals surface area contributed by atoms with E-state index in [9.17, 15) is 31.5 Å². The summed E-state index contributed by atoms with van der Waals surface area (Å²) >= 11 is 12.0. The number of sulfonamides is 2. The minimum atomic E-state index is -4.41. The first-order chi connectivity index (χ1) is 18.9. The highest BCUT2D eigenvalue weighted by Gasteiger charge is 2.49. The van der Waals surface area contributed by atoms with Crippen LogP contribution in [0, 0.1) is 5.92 Å². The van der Waals surface area contributed by atoms with Gasteiger partial charge in [-0.3, -0.25) is 9.59 Å². The molecule has 4 rings (SSSR count). The van der Waals surface area contributed by atoms with Crippen LogP contribution in [0.4, 0.5) is 0 Å². The summed E-state index contributed by atoms with van der Waals surface area (Å²) in [6.07, 6.45) is 2.08. The van der Waals surface area contributed by atoms with Crippen LogP contribution in [0.1, 0.15) is 44.1 Å². The lowest BCUT2D eigenvalue weighted by Crippen LogP contribution is -2.56. The lowest BCUT2D eigenvalue weighted by Gasteiger charge is -2.33. The first-order valence-corrected chi connectivity index (χ1v) is 16.7. The number of carbonyl (C=O) groups is 2. The van der Waals surface area contributed by atoms with Crippen molar-refractivity contribution in [2.24, 2.45) is 5.92 Å². The van der Waals surface area contributed by atoms with E-state index >= 15 is 0 Å². The minimum Gasteiger partial charge on any atom is -0.481 e.